The number of nitrogens with zero attached hydrogens (tertiary/aromatic N) is 1. The molecule has 0 spiro atoms. The molecule has 1 aliphatic heterocycles. The van der Waals surface area contributed by atoms with Crippen molar-refractivity contribution in [2.75, 3.05) is 19.0 Å². The first-order valence-corrected chi connectivity index (χ1v) is 3.62. The Morgan fingerprint density at radius 3 is 2.88 bits per heavy atom. The SMILES string of the molecule is O=S1CCNCN1[O-]. The van der Waals surface area contributed by atoms with Crippen LogP contribution in [0.15, 0.2) is 0 Å². The molecule has 0 aromatic rings. The van der Waals surface area contributed by atoms with Gasteiger partial charge in [0.25, 0.3) is 0 Å². The summed E-state index contributed by atoms with van der Waals surface area (Å²) in [7, 11) is -1.27. The standard InChI is InChI=1S/C3H7N2O2S/c6-5-3-4-1-2-8(5)7/h4H,1-3H2/q-1. The quantitative estimate of drug-likeness (QED) is 0.464. The van der Waals surface area contributed by atoms with Gasteiger partial charge in [-0.3, -0.25) is 4.47 Å². The van der Waals surface area contributed by atoms with Crippen molar-refractivity contribution in [3.8, 4) is 0 Å². The van der Waals surface area contributed by atoms with Gasteiger partial charge in [-0.05, 0) is 0 Å². The molecule has 5 heteroatoms. The summed E-state index contributed by atoms with van der Waals surface area (Å²) in [6.45, 7) is 0.887. The maximum absolute atomic E-state index is 10.5. The molecule has 0 radical (unpaired) electrons. The molecule has 0 aromatic carbocycles. The Balaban J connectivity index is 2.39. The van der Waals surface area contributed by atoms with Gasteiger partial charge in [0.1, 0.15) is 0 Å². The molecule has 0 aromatic heterocycles. The maximum atomic E-state index is 10.5. The lowest BCUT2D eigenvalue weighted by atomic mass is 10.7. The second-order valence-electron chi connectivity index (χ2n) is 1.52. The molecule has 1 N–H and O–H groups in total. The third-order valence-corrected chi connectivity index (χ3v) is 2.06. The fourth-order valence-electron chi connectivity index (χ4n) is 0.504. The van der Waals surface area contributed by atoms with Crippen molar-refractivity contribution in [2.24, 2.45) is 0 Å². The summed E-state index contributed by atoms with van der Waals surface area (Å²) >= 11 is 0. The van der Waals surface area contributed by atoms with E-state index in [-0.39, 0.29) is 6.67 Å². The average Bonchev–Trinajstić information content (AvgIpc) is 1.77. The molecule has 8 heavy (non-hydrogen) atoms. The van der Waals surface area contributed by atoms with E-state index < -0.39 is 11.0 Å². The Bertz CT molecular complexity index is 107. The lowest BCUT2D eigenvalue weighted by Gasteiger charge is -2.30. The topological polar surface area (TPSA) is 55.4 Å². The highest BCUT2D eigenvalue weighted by atomic mass is 32.2. The molecule has 4 nitrogen and oxygen atoms in total. The Kier molecular flexibility index (Phi) is 1.95. The zero-order valence-corrected chi connectivity index (χ0v) is 5.11. The molecule has 0 bridgehead atoms. The van der Waals surface area contributed by atoms with Crippen LogP contribution in [-0.2, 0) is 11.0 Å². The minimum absolute atomic E-state index is 0.201. The molecule has 48 valence electrons. The highest BCUT2D eigenvalue weighted by Gasteiger charge is 2.06. The maximum Gasteiger partial charge on any atom is 0.0845 e. The van der Waals surface area contributed by atoms with E-state index in [1.165, 1.54) is 0 Å². The van der Waals surface area contributed by atoms with Crippen LogP contribution in [0.25, 0.3) is 0 Å². The summed E-state index contributed by atoms with van der Waals surface area (Å²) in [5.41, 5.74) is 0. The molecule has 0 aliphatic carbocycles. The van der Waals surface area contributed by atoms with Crippen LogP contribution in [0.3, 0.4) is 0 Å². The van der Waals surface area contributed by atoms with Gasteiger partial charge >= 0.3 is 0 Å². The van der Waals surface area contributed by atoms with Gasteiger partial charge in [0.2, 0.25) is 0 Å². The summed E-state index contributed by atoms with van der Waals surface area (Å²) in [6.07, 6.45) is 0. The zero-order chi connectivity index (χ0) is 5.98. The average molecular weight is 135 g/mol. The Labute approximate surface area is 50.0 Å². The van der Waals surface area contributed by atoms with Crippen LogP contribution in [0.5, 0.6) is 0 Å². The van der Waals surface area contributed by atoms with Crippen molar-refractivity contribution in [3.63, 3.8) is 0 Å². The summed E-state index contributed by atoms with van der Waals surface area (Å²) in [6, 6.07) is 0. The van der Waals surface area contributed by atoms with E-state index in [0.29, 0.717) is 16.8 Å². The van der Waals surface area contributed by atoms with Gasteiger partial charge in [0.05, 0.1) is 11.0 Å². The summed E-state index contributed by atoms with van der Waals surface area (Å²) in [5.74, 6) is 0.448. The number of hydroxylamine groups is 1. The number of hydrogen-bond acceptors (Lipinski definition) is 3. The first-order chi connectivity index (χ1) is 3.80. The largest absolute Gasteiger partial charge is 0.773 e. The van der Waals surface area contributed by atoms with E-state index in [1.54, 1.807) is 0 Å². The number of rotatable bonds is 0. The van der Waals surface area contributed by atoms with E-state index in [1.807, 2.05) is 0 Å². The van der Waals surface area contributed by atoms with E-state index in [0.717, 1.165) is 0 Å². The second kappa shape index (κ2) is 2.54. The van der Waals surface area contributed by atoms with Crippen LogP contribution >= 0.6 is 0 Å². The lowest BCUT2D eigenvalue weighted by Crippen LogP contribution is -2.41. The zero-order valence-electron chi connectivity index (χ0n) is 4.29. The van der Waals surface area contributed by atoms with Crippen LogP contribution in [0.2, 0.25) is 0 Å². The van der Waals surface area contributed by atoms with Crippen molar-refractivity contribution in [3.05, 3.63) is 5.21 Å². The normalized spacial score (nSPS) is 32.9. The molecule has 1 unspecified atom stereocenters. The molecule has 1 fully saturated rings. The van der Waals surface area contributed by atoms with Crippen LogP contribution in [0.4, 0.5) is 0 Å². The van der Waals surface area contributed by atoms with Gasteiger partial charge in [0, 0.05) is 19.0 Å². The molecular weight excluding hydrogens is 128 g/mol. The first kappa shape index (κ1) is 6.15. The molecule has 0 amide bonds. The fraction of sp³-hybridized carbons (Fsp3) is 1.00. The molecule has 1 rings (SSSR count). The predicted octanol–water partition coefficient (Wildman–Crippen LogP) is -0.989. The third-order valence-electron chi connectivity index (χ3n) is 0.921. The highest BCUT2D eigenvalue weighted by molar-refractivity contribution is 7.82. The van der Waals surface area contributed by atoms with Crippen LogP contribution in [0, 0.1) is 5.21 Å². The third kappa shape index (κ3) is 1.25. The second-order valence-corrected chi connectivity index (χ2v) is 2.97. The molecule has 1 aliphatic rings. The van der Waals surface area contributed by atoms with Crippen molar-refractivity contribution in [1.29, 1.82) is 0 Å². The van der Waals surface area contributed by atoms with Crippen LogP contribution in [-0.4, -0.2) is 27.6 Å². The number of nitrogens with one attached hydrogen (secondary N) is 1. The van der Waals surface area contributed by atoms with E-state index in [2.05, 4.69) is 5.32 Å². The fourth-order valence-corrected chi connectivity index (χ4v) is 1.26. The molecule has 1 atom stereocenters. The minimum atomic E-state index is -1.27. The van der Waals surface area contributed by atoms with Gasteiger partial charge in [0.15, 0.2) is 0 Å². The Morgan fingerprint density at radius 2 is 2.50 bits per heavy atom. The van der Waals surface area contributed by atoms with E-state index >= 15 is 0 Å². The highest BCUT2D eigenvalue weighted by Crippen LogP contribution is 1.93. The molecule has 1 saturated heterocycles. The molecule has 1 heterocycles. The lowest BCUT2D eigenvalue weighted by molar-refractivity contribution is 0.485. The van der Waals surface area contributed by atoms with Crippen molar-refractivity contribution in [2.45, 2.75) is 0 Å². The first-order valence-electron chi connectivity index (χ1n) is 2.34. The van der Waals surface area contributed by atoms with Gasteiger partial charge in [-0.2, -0.15) is 0 Å². The van der Waals surface area contributed by atoms with Crippen molar-refractivity contribution in [1.82, 2.24) is 9.79 Å². The van der Waals surface area contributed by atoms with Gasteiger partial charge in [-0.15, -0.1) is 0 Å². The van der Waals surface area contributed by atoms with E-state index in [9.17, 15) is 9.42 Å². The minimum Gasteiger partial charge on any atom is -0.773 e. The molecule has 0 saturated carbocycles. The summed E-state index contributed by atoms with van der Waals surface area (Å²) in [4.78, 5) is 0. The van der Waals surface area contributed by atoms with E-state index in [4.69, 9.17) is 0 Å². The number of hydrogen-bond donors (Lipinski definition) is 1. The van der Waals surface area contributed by atoms with Crippen LogP contribution in [0.1, 0.15) is 0 Å². The summed E-state index contributed by atoms with van der Waals surface area (Å²) < 4.78 is 11.0. The monoisotopic (exact) mass is 135 g/mol. The van der Waals surface area contributed by atoms with Gasteiger partial charge in [-0.1, -0.05) is 0 Å². The predicted molar refractivity (Wildman–Crippen MR) is 31.1 cm³/mol. The van der Waals surface area contributed by atoms with Crippen molar-refractivity contribution >= 4 is 11.0 Å². The smallest absolute Gasteiger partial charge is 0.0845 e. The van der Waals surface area contributed by atoms with Gasteiger partial charge < -0.3 is 10.5 Å². The van der Waals surface area contributed by atoms with Crippen molar-refractivity contribution < 1.29 is 4.21 Å². The Hall–Kier alpha value is 0.0300. The van der Waals surface area contributed by atoms with Gasteiger partial charge in [-0.25, -0.2) is 4.21 Å². The molecular formula is C3H7N2O2S-. The Morgan fingerprint density at radius 1 is 1.75 bits per heavy atom. The summed E-state index contributed by atoms with van der Waals surface area (Å²) in [5, 5.41) is 13.1. The van der Waals surface area contributed by atoms with Crippen LogP contribution < -0.4 is 5.32 Å².